The maximum Gasteiger partial charge on any atom is 0.244 e. The number of hydrogen-bond donors (Lipinski definition) is 1. The average Bonchev–Trinajstić information content (AvgIpc) is 2.89. The monoisotopic (exact) mass is 585 g/mol. The van der Waals surface area contributed by atoms with Crippen molar-refractivity contribution in [2.24, 2.45) is 0 Å². The highest BCUT2D eigenvalue weighted by Gasteiger charge is 2.34. The lowest BCUT2D eigenvalue weighted by molar-refractivity contribution is -0.140. The molecule has 40 heavy (non-hydrogen) atoms. The van der Waals surface area contributed by atoms with Crippen LogP contribution in [0.3, 0.4) is 0 Å². The number of nitrogens with one attached hydrogen (secondary N) is 1. The minimum Gasteiger partial charge on any atom is -0.497 e. The second-order valence-electron chi connectivity index (χ2n) is 10.5. The van der Waals surface area contributed by atoms with Crippen LogP contribution in [0.4, 0.5) is 5.69 Å². The summed E-state index contributed by atoms with van der Waals surface area (Å²) in [6.45, 7) is 5.06. The number of methoxy groups -OCH3 is 1. The number of ether oxygens (including phenoxy) is 1. The fraction of sp³-hybridized carbons (Fsp3) is 0.333. The molecule has 0 saturated carbocycles. The summed E-state index contributed by atoms with van der Waals surface area (Å²) in [5.74, 6) is -0.472. The Bertz CT molecular complexity index is 1420. The second kappa shape index (κ2) is 13.2. The molecule has 0 aliphatic rings. The standard InChI is InChI=1S/C30H36ClN3O5S/c1-30(2,3)32-29(36)27(18-22-12-7-6-8-13-22)33(20-23-14-9-10-17-26(23)31)28(35)21-34(40(5,37)38)24-15-11-16-25(19-24)39-4/h6-17,19,27H,18,20-21H2,1-5H3,(H,32,36). The molecule has 8 nitrogen and oxygen atoms in total. The van der Waals surface area contributed by atoms with Gasteiger partial charge in [-0.1, -0.05) is 66.2 Å². The molecule has 2 amide bonds. The third-order valence-corrected chi connectivity index (χ3v) is 7.60. The van der Waals surface area contributed by atoms with Gasteiger partial charge in [-0.15, -0.1) is 0 Å². The van der Waals surface area contributed by atoms with Crippen LogP contribution in [0.2, 0.25) is 5.02 Å². The Morgan fingerprint density at radius 1 is 0.975 bits per heavy atom. The number of hydrogen-bond acceptors (Lipinski definition) is 5. The number of sulfonamides is 1. The van der Waals surface area contributed by atoms with E-state index in [1.807, 2.05) is 51.1 Å². The van der Waals surface area contributed by atoms with Gasteiger partial charge in [-0.3, -0.25) is 13.9 Å². The molecule has 3 rings (SSSR count). The molecular formula is C30H36ClN3O5S. The van der Waals surface area contributed by atoms with Crippen molar-refractivity contribution in [2.75, 3.05) is 24.2 Å². The van der Waals surface area contributed by atoms with Gasteiger partial charge in [0.1, 0.15) is 18.3 Å². The van der Waals surface area contributed by atoms with Gasteiger partial charge in [-0.05, 0) is 50.1 Å². The number of amides is 2. The molecule has 214 valence electrons. The van der Waals surface area contributed by atoms with Gasteiger partial charge in [0, 0.05) is 29.6 Å². The normalized spacial score (nSPS) is 12.3. The molecule has 0 radical (unpaired) electrons. The van der Waals surface area contributed by atoms with Gasteiger partial charge in [0.15, 0.2) is 0 Å². The van der Waals surface area contributed by atoms with E-state index in [4.69, 9.17) is 16.3 Å². The van der Waals surface area contributed by atoms with Gasteiger partial charge in [0.25, 0.3) is 0 Å². The van der Waals surface area contributed by atoms with E-state index in [1.54, 1.807) is 48.5 Å². The first-order chi connectivity index (χ1) is 18.8. The quantitative estimate of drug-likeness (QED) is 0.353. The van der Waals surface area contributed by atoms with Crippen LogP contribution in [0.15, 0.2) is 78.9 Å². The molecule has 1 unspecified atom stereocenters. The van der Waals surface area contributed by atoms with Crippen molar-refractivity contribution < 1.29 is 22.7 Å². The molecule has 0 aliphatic heterocycles. The molecule has 0 aromatic heterocycles. The van der Waals surface area contributed by atoms with E-state index >= 15 is 0 Å². The molecule has 3 aromatic carbocycles. The van der Waals surface area contributed by atoms with Crippen molar-refractivity contribution in [2.45, 2.75) is 45.3 Å². The zero-order valence-corrected chi connectivity index (χ0v) is 25.0. The van der Waals surface area contributed by atoms with Crippen molar-refractivity contribution in [1.82, 2.24) is 10.2 Å². The largest absolute Gasteiger partial charge is 0.497 e. The molecule has 1 N–H and O–H groups in total. The zero-order valence-electron chi connectivity index (χ0n) is 23.4. The molecule has 0 saturated heterocycles. The highest BCUT2D eigenvalue weighted by molar-refractivity contribution is 7.92. The van der Waals surface area contributed by atoms with E-state index in [2.05, 4.69) is 5.32 Å². The Hall–Kier alpha value is -3.56. The van der Waals surface area contributed by atoms with Crippen LogP contribution >= 0.6 is 11.6 Å². The van der Waals surface area contributed by atoms with E-state index in [0.717, 1.165) is 16.1 Å². The summed E-state index contributed by atoms with van der Waals surface area (Å²) in [4.78, 5) is 29.3. The first kappa shape index (κ1) is 31.0. The summed E-state index contributed by atoms with van der Waals surface area (Å²) in [5.41, 5.74) is 1.18. The summed E-state index contributed by atoms with van der Waals surface area (Å²) in [7, 11) is -2.41. The van der Waals surface area contributed by atoms with E-state index in [-0.39, 0.29) is 24.6 Å². The molecule has 3 aromatic rings. The number of rotatable bonds is 11. The number of carbonyl (C=O) groups is 2. The fourth-order valence-corrected chi connectivity index (χ4v) is 5.23. The van der Waals surface area contributed by atoms with Gasteiger partial charge >= 0.3 is 0 Å². The lowest BCUT2D eigenvalue weighted by Crippen LogP contribution is -2.56. The summed E-state index contributed by atoms with van der Waals surface area (Å²) < 4.78 is 32.1. The van der Waals surface area contributed by atoms with Crippen LogP contribution in [0.5, 0.6) is 5.75 Å². The Balaban J connectivity index is 2.09. The SMILES string of the molecule is COc1cccc(N(CC(=O)N(Cc2ccccc2Cl)C(Cc2ccccc2)C(=O)NC(C)(C)C)S(C)(=O)=O)c1. The van der Waals surface area contributed by atoms with Gasteiger partial charge in [-0.2, -0.15) is 0 Å². The first-order valence-electron chi connectivity index (χ1n) is 12.8. The summed E-state index contributed by atoms with van der Waals surface area (Å²) in [5, 5.41) is 3.42. The predicted octanol–water partition coefficient (Wildman–Crippen LogP) is 4.67. The number of anilines is 1. The minimum atomic E-state index is -3.88. The molecular weight excluding hydrogens is 550 g/mol. The molecule has 10 heteroatoms. The highest BCUT2D eigenvalue weighted by Crippen LogP contribution is 2.25. The van der Waals surface area contributed by atoms with Crippen molar-refractivity contribution in [3.05, 3.63) is 95.0 Å². The van der Waals surface area contributed by atoms with Crippen LogP contribution in [0, 0.1) is 0 Å². The third kappa shape index (κ3) is 8.72. The number of nitrogens with zero attached hydrogens (tertiary/aromatic N) is 2. The van der Waals surface area contributed by atoms with E-state index < -0.39 is 34.1 Å². The first-order valence-corrected chi connectivity index (χ1v) is 15.0. The summed E-state index contributed by atoms with van der Waals surface area (Å²) in [6.07, 6.45) is 1.25. The smallest absolute Gasteiger partial charge is 0.244 e. The number of carbonyl (C=O) groups excluding carboxylic acids is 2. The number of benzene rings is 3. The van der Waals surface area contributed by atoms with Crippen molar-refractivity contribution >= 4 is 39.1 Å². The molecule has 0 heterocycles. The molecule has 1 atom stereocenters. The lowest BCUT2D eigenvalue weighted by Gasteiger charge is -2.35. The Kier molecular flexibility index (Phi) is 10.2. The average molecular weight is 586 g/mol. The van der Waals surface area contributed by atoms with E-state index in [1.165, 1.54) is 12.0 Å². The second-order valence-corrected chi connectivity index (χ2v) is 12.8. The van der Waals surface area contributed by atoms with Crippen LogP contribution in [-0.4, -0.2) is 56.6 Å². The van der Waals surface area contributed by atoms with Crippen LogP contribution in [0.25, 0.3) is 0 Å². The fourth-order valence-electron chi connectivity index (χ4n) is 4.20. The molecule has 0 aliphatic carbocycles. The summed E-state index contributed by atoms with van der Waals surface area (Å²) >= 11 is 6.47. The third-order valence-electron chi connectivity index (χ3n) is 6.09. The minimum absolute atomic E-state index is 0.00326. The summed E-state index contributed by atoms with van der Waals surface area (Å²) in [6, 6.07) is 21.9. The van der Waals surface area contributed by atoms with Crippen molar-refractivity contribution in [3.8, 4) is 5.75 Å². The predicted molar refractivity (Wildman–Crippen MR) is 159 cm³/mol. The van der Waals surface area contributed by atoms with Gasteiger partial charge in [-0.25, -0.2) is 8.42 Å². The molecule has 0 bridgehead atoms. The van der Waals surface area contributed by atoms with Crippen LogP contribution in [0.1, 0.15) is 31.9 Å². The topological polar surface area (TPSA) is 96.0 Å². The van der Waals surface area contributed by atoms with Crippen molar-refractivity contribution in [1.29, 1.82) is 0 Å². The highest BCUT2D eigenvalue weighted by atomic mass is 35.5. The van der Waals surface area contributed by atoms with E-state index in [9.17, 15) is 18.0 Å². The Morgan fingerprint density at radius 3 is 2.23 bits per heavy atom. The molecule has 0 spiro atoms. The van der Waals surface area contributed by atoms with Gasteiger partial charge in [0.05, 0.1) is 19.1 Å². The number of halogens is 1. The van der Waals surface area contributed by atoms with Gasteiger partial charge < -0.3 is 15.0 Å². The van der Waals surface area contributed by atoms with E-state index in [0.29, 0.717) is 16.3 Å². The van der Waals surface area contributed by atoms with Crippen molar-refractivity contribution in [3.63, 3.8) is 0 Å². The lowest BCUT2D eigenvalue weighted by atomic mass is 10.0. The Morgan fingerprint density at radius 2 is 1.62 bits per heavy atom. The maximum atomic E-state index is 14.1. The molecule has 0 fully saturated rings. The zero-order chi connectivity index (χ0) is 29.5. The van der Waals surface area contributed by atoms with Crippen LogP contribution < -0.4 is 14.4 Å². The van der Waals surface area contributed by atoms with Gasteiger partial charge in [0.2, 0.25) is 21.8 Å². The Labute approximate surface area is 241 Å². The maximum absolute atomic E-state index is 14.1. The van der Waals surface area contributed by atoms with Crippen LogP contribution in [-0.2, 0) is 32.6 Å².